The van der Waals surface area contributed by atoms with Crippen LogP contribution < -0.4 is 10.6 Å². The molecular formula is C13H20N2O2. The normalized spacial score (nSPS) is 10.3. The van der Waals surface area contributed by atoms with E-state index in [-0.39, 0.29) is 5.78 Å². The number of nitrogens with zero attached hydrogens (tertiary/aromatic N) is 1. The Morgan fingerprint density at radius 3 is 2.65 bits per heavy atom. The summed E-state index contributed by atoms with van der Waals surface area (Å²) in [6.07, 6.45) is 0. The molecule has 0 unspecified atom stereocenters. The van der Waals surface area contributed by atoms with Crippen molar-refractivity contribution < 1.29 is 9.53 Å². The first-order valence-corrected chi connectivity index (χ1v) is 5.74. The van der Waals surface area contributed by atoms with Gasteiger partial charge in [0.15, 0.2) is 5.78 Å². The number of anilines is 2. The van der Waals surface area contributed by atoms with Crippen LogP contribution in [0.1, 0.15) is 24.2 Å². The van der Waals surface area contributed by atoms with Gasteiger partial charge in [-0.3, -0.25) is 4.79 Å². The predicted octanol–water partition coefficient (Wildman–Crippen LogP) is 1.94. The summed E-state index contributed by atoms with van der Waals surface area (Å²) in [6.45, 7) is 5.95. The lowest BCUT2D eigenvalue weighted by Gasteiger charge is -2.23. The Hall–Kier alpha value is -1.55. The van der Waals surface area contributed by atoms with Crippen LogP contribution in [0, 0.1) is 0 Å². The molecule has 0 radical (unpaired) electrons. The number of ketones is 1. The van der Waals surface area contributed by atoms with Crippen molar-refractivity contribution in [2.75, 3.05) is 37.4 Å². The van der Waals surface area contributed by atoms with Gasteiger partial charge in [0.25, 0.3) is 0 Å². The first-order chi connectivity index (χ1) is 8.10. The van der Waals surface area contributed by atoms with Crippen molar-refractivity contribution in [2.45, 2.75) is 13.8 Å². The van der Waals surface area contributed by atoms with Gasteiger partial charge in [0.2, 0.25) is 0 Å². The number of benzene rings is 1. The molecule has 94 valence electrons. The molecule has 0 bridgehead atoms. The maximum absolute atomic E-state index is 11.3. The van der Waals surface area contributed by atoms with Crippen LogP contribution in [0.2, 0.25) is 0 Å². The molecule has 17 heavy (non-hydrogen) atoms. The van der Waals surface area contributed by atoms with Gasteiger partial charge in [-0.05, 0) is 32.0 Å². The van der Waals surface area contributed by atoms with Gasteiger partial charge in [-0.1, -0.05) is 0 Å². The zero-order valence-electron chi connectivity index (χ0n) is 10.7. The fourth-order valence-corrected chi connectivity index (χ4v) is 1.74. The Labute approximate surface area is 102 Å². The number of Topliss-reactive ketones (excluding diaryl/α,β-unsaturated/α-hetero) is 1. The summed E-state index contributed by atoms with van der Waals surface area (Å²) in [5.74, 6) is -0.00556. The van der Waals surface area contributed by atoms with E-state index in [4.69, 9.17) is 10.5 Å². The standard InChI is InChI=1S/C13H20N2O2/c1-4-15(7-8-17-3)11-5-6-12(10(2)16)13(14)9-11/h5-6,9H,4,7-8,14H2,1-3H3. The van der Waals surface area contributed by atoms with Crippen molar-refractivity contribution in [3.8, 4) is 0 Å². The van der Waals surface area contributed by atoms with Crippen molar-refractivity contribution in [3.63, 3.8) is 0 Å². The lowest BCUT2D eigenvalue weighted by molar-refractivity contribution is 0.101. The van der Waals surface area contributed by atoms with Gasteiger partial charge in [0.05, 0.1) is 6.61 Å². The zero-order valence-corrected chi connectivity index (χ0v) is 10.7. The lowest BCUT2D eigenvalue weighted by atomic mass is 10.1. The summed E-state index contributed by atoms with van der Waals surface area (Å²) < 4.78 is 5.06. The smallest absolute Gasteiger partial charge is 0.161 e. The predicted molar refractivity (Wildman–Crippen MR) is 70.6 cm³/mol. The quantitative estimate of drug-likeness (QED) is 0.606. The van der Waals surface area contributed by atoms with Crippen molar-refractivity contribution in [1.29, 1.82) is 0 Å². The number of nitrogen functional groups attached to an aromatic ring is 1. The minimum Gasteiger partial charge on any atom is -0.398 e. The first kappa shape index (κ1) is 13.5. The summed E-state index contributed by atoms with van der Waals surface area (Å²) in [4.78, 5) is 13.4. The van der Waals surface area contributed by atoms with Crippen molar-refractivity contribution >= 4 is 17.2 Å². The summed E-state index contributed by atoms with van der Waals surface area (Å²) in [5.41, 5.74) is 8.00. The van der Waals surface area contributed by atoms with E-state index in [9.17, 15) is 4.79 Å². The Balaban J connectivity index is 2.90. The molecule has 0 heterocycles. The number of likely N-dealkylation sites (N-methyl/N-ethyl adjacent to an activating group) is 1. The van der Waals surface area contributed by atoms with Crippen LogP contribution in [-0.2, 0) is 4.74 Å². The van der Waals surface area contributed by atoms with Crippen LogP contribution in [0.3, 0.4) is 0 Å². The molecule has 0 aliphatic carbocycles. The molecule has 0 aliphatic rings. The van der Waals surface area contributed by atoms with E-state index >= 15 is 0 Å². The van der Waals surface area contributed by atoms with Gasteiger partial charge in [-0.15, -0.1) is 0 Å². The molecule has 0 amide bonds. The summed E-state index contributed by atoms with van der Waals surface area (Å²) in [6, 6.07) is 5.55. The van der Waals surface area contributed by atoms with Crippen molar-refractivity contribution in [3.05, 3.63) is 23.8 Å². The molecule has 0 aliphatic heterocycles. The van der Waals surface area contributed by atoms with Gasteiger partial charge >= 0.3 is 0 Å². The molecule has 0 aromatic heterocycles. The molecule has 1 rings (SSSR count). The highest BCUT2D eigenvalue weighted by atomic mass is 16.5. The van der Waals surface area contributed by atoms with Crippen LogP contribution in [0.15, 0.2) is 18.2 Å². The number of methoxy groups -OCH3 is 1. The molecule has 0 atom stereocenters. The second kappa shape index (κ2) is 6.25. The van der Waals surface area contributed by atoms with E-state index < -0.39 is 0 Å². The SMILES string of the molecule is CCN(CCOC)c1ccc(C(C)=O)c(N)c1. The van der Waals surface area contributed by atoms with Gasteiger partial charge in [-0.25, -0.2) is 0 Å². The number of hydrogen-bond acceptors (Lipinski definition) is 4. The van der Waals surface area contributed by atoms with E-state index in [1.807, 2.05) is 12.1 Å². The minimum absolute atomic E-state index is 0.00556. The Bertz CT molecular complexity index is 391. The molecule has 4 heteroatoms. The van der Waals surface area contributed by atoms with E-state index in [1.165, 1.54) is 6.92 Å². The summed E-state index contributed by atoms with van der Waals surface area (Å²) >= 11 is 0. The lowest BCUT2D eigenvalue weighted by Crippen LogP contribution is -2.26. The fraction of sp³-hybridized carbons (Fsp3) is 0.462. The second-order valence-corrected chi connectivity index (χ2v) is 3.90. The highest BCUT2D eigenvalue weighted by Gasteiger charge is 2.09. The molecule has 4 nitrogen and oxygen atoms in total. The molecule has 0 saturated heterocycles. The van der Waals surface area contributed by atoms with E-state index in [0.717, 1.165) is 18.8 Å². The Kier molecular flexibility index (Phi) is 4.97. The van der Waals surface area contributed by atoms with E-state index in [2.05, 4.69) is 11.8 Å². The van der Waals surface area contributed by atoms with Crippen LogP contribution >= 0.6 is 0 Å². The number of ether oxygens (including phenoxy) is 1. The third-order valence-electron chi connectivity index (χ3n) is 2.73. The number of rotatable bonds is 6. The summed E-state index contributed by atoms with van der Waals surface area (Å²) in [7, 11) is 1.68. The van der Waals surface area contributed by atoms with Crippen molar-refractivity contribution in [2.24, 2.45) is 0 Å². The monoisotopic (exact) mass is 236 g/mol. The molecular weight excluding hydrogens is 216 g/mol. The van der Waals surface area contributed by atoms with Gasteiger partial charge in [0, 0.05) is 37.1 Å². The van der Waals surface area contributed by atoms with Gasteiger partial charge in [0.1, 0.15) is 0 Å². The number of carbonyl (C=O) groups is 1. The highest BCUT2D eigenvalue weighted by Crippen LogP contribution is 2.21. The molecule has 0 spiro atoms. The van der Waals surface area contributed by atoms with Crippen LogP contribution in [0.4, 0.5) is 11.4 Å². The average Bonchev–Trinajstić information content (AvgIpc) is 2.29. The maximum atomic E-state index is 11.3. The minimum atomic E-state index is -0.00556. The first-order valence-electron chi connectivity index (χ1n) is 5.74. The topological polar surface area (TPSA) is 55.6 Å². The molecule has 1 aromatic carbocycles. The zero-order chi connectivity index (χ0) is 12.8. The average molecular weight is 236 g/mol. The molecule has 0 saturated carbocycles. The third-order valence-corrected chi connectivity index (χ3v) is 2.73. The molecule has 0 fully saturated rings. The Morgan fingerprint density at radius 1 is 1.47 bits per heavy atom. The Morgan fingerprint density at radius 2 is 2.18 bits per heavy atom. The maximum Gasteiger partial charge on any atom is 0.161 e. The largest absolute Gasteiger partial charge is 0.398 e. The van der Waals surface area contributed by atoms with E-state index in [0.29, 0.717) is 17.9 Å². The van der Waals surface area contributed by atoms with Crippen LogP contribution in [0.5, 0.6) is 0 Å². The van der Waals surface area contributed by atoms with Gasteiger partial charge in [-0.2, -0.15) is 0 Å². The molecule has 1 aromatic rings. The van der Waals surface area contributed by atoms with Crippen LogP contribution in [0.25, 0.3) is 0 Å². The van der Waals surface area contributed by atoms with E-state index in [1.54, 1.807) is 13.2 Å². The third kappa shape index (κ3) is 3.46. The second-order valence-electron chi connectivity index (χ2n) is 3.90. The number of nitrogens with two attached hydrogens (primary N) is 1. The van der Waals surface area contributed by atoms with Crippen molar-refractivity contribution in [1.82, 2.24) is 0 Å². The molecule has 2 N–H and O–H groups in total. The highest BCUT2D eigenvalue weighted by molar-refractivity contribution is 5.99. The number of carbonyl (C=O) groups excluding carboxylic acids is 1. The summed E-state index contributed by atoms with van der Waals surface area (Å²) in [5, 5.41) is 0. The van der Waals surface area contributed by atoms with Crippen LogP contribution in [-0.4, -0.2) is 32.6 Å². The van der Waals surface area contributed by atoms with Gasteiger partial charge < -0.3 is 15.4 Å². The number of hydrogen-bond donors (Lipinski definition) is 1. The fourth-order valence-electron chi connectivity index (χ4n) is 1.74.